The minimum atomic E-state index is -1.91. The second-order valence-corrected chi connectivity index (χ2v) is 18.8. The van der Waals surface area contributed by atoms with Crippen LogP contribution in [0.1, 0.15) is 226 Å². The molecular weight excluding hydrogens is 901 g/mol. The maximum Gasteiger partial charge on any atom is 0.335 e. The molecule has 406 valence electrons. The predicted molar refractivity (Wildman–Crippen MR) is 285 cm³/mol. The van der Waals surface area contributed by atoms with E-state index in [9.17, 15) is 34.5 Å². The highest BCUT2D eigenvalue weighted by Gasteiger charge is 2.50. The van der Waals surface area contributed by atoms with E-state index in [0.29, 0.717) is 19.3 Å². The van der Waals surface area contributed by atoms with E-state index in [1.165, 1.54) is 38.5 Å². The number of aliphatic carboxylic acids is 1. The highest BCUT2D eigenvalue weighted by atomic mass is 16.7. The summed E-state index contributed by atoms with van der Waals surface area (Å²) in [4.78, 5) is 51.0. The Morgan fingerprint density at radius 3 is 1.44 bits per heavy atom. The fourth-order valence-corrected chi connectivity index (χ4v) is 7.94. The number of aliphatic hydroxyl groups excluding tert-OH is 2. The number of carboxylic acid groups (broad SMARTS) is 1. The van der Waals surface area contributed by atoms with Crippen molar-refractivity contribution in [3.05, 3.63) is 72.9 Å². The molecule has 1 heterocycles. The first-order chi connectivity index (χ1) is 34.6. The Balaban J connectivity index is 2.74. The number of rotatable bonds is 46. The van der Waals surface area contributed by atoms with Crippen molar-refractivity contribution in [1.82, 2.24) is 0 Å². The van der Waals surface area contributed by atoms with Gasteiger partial charge in [-0.05, 0) is 103 Å². The molecule has 1 rings (SSSR count). The first kappa shape index (κ1) is 65.2. The van der Waals surface area contributed by atoms with Crippen molar-refractivity contribution in [1.29, 1.82) is 0 Å². The van der Waals surface area contributed by atoms with Gasteiger partial charge in [0.15, 0.2) is 24.6 Å². The van der Waals surface area contributed by atoms with Crippen LogP contribution in [0, 0.1) is 0 Å². The Morgan fingerprint density at radius 2 is 0.915 bits per heavy atom. The molecule has 1 aliphatic heterocycles. The summed E-state index contributed by atoms with van der Waals surface area (Å²) in [5.41, 5.74) is 0. The molecule has 0 bridgehead atoms. The summed E-state index contributed by atoms with van der Waals surface area (Å²) in [6.07, 6.45) is 46.0. The number of carboxylic acids is 1. The van der Waals surface area contributed by atoms with E-state index in [-0.39, 0.29) is 25.9 Å². The van der Waals surface area contributed by atoms with Crippen LogP contribution in [0.4, 0.5) is 0 Å². The molecule has 0 aromatic rings. The Bertz CT molecular complexity index is 1510. The van der Waals surface area contributed by atoms with Crippen LogP contribution in [0.15, 0.2) is 72.9 Å². The number of allylic oxidation sites excluding steroid dienone is 12. The Labute approximate surface area is 429 Å². The summed E-state index contributed by atoms with van der Waals surface area (Å²) in [6.45, 7) is 5.75. The predicted octanol–water partition coefficient (Wildman–Crippen LogP) is 13.8. The van der Waals surface area contributed by atoms with Crippen LogP contribution in [0.5, 0.6) is 0 Å². The van der Waals surface area contributed by atoms with Gasteiger partial charge in [0, 0.05) is 19.3 Å². The van der Waals surface area contributed by atoms with Gasteiger partial charge in [-0.2, -0.15) is 0 Å². The Hall–Kier alpha value is -3.84. The standard InChI is InChI=1S/C59H98O12/c1-4-7-10-13-16-19-22-25-26-29-30-33-36-39-42-45-51(60)67-48-50(69-52(61)46-43-40-37-34-31-27-23-20-17-14-11-8-5-2)49-68-59-57(55(64)54(63)56(71-59)58(65)66)70-53(62)47-44-41-38-35-32-28-24-21-18-15-12-9-6-3/h8,11-12,15,17,20-21,24-27,31,50,54-57,59,63-64H,4-7,9-10,13-14,16,18-19,22-23,28-30,32-49H2,1-3H3,(H,65,66)/b11-8-,15-12-,20-17-,24-21-,26-25-,31-27-. The third-order valence-electron chi connectivity index (χ3n) is 12.2. The summed E-state index contributed by atoms with van der Waals surface area (Å²) in [5.74, 6) is -3.19. The lowest BCUT2D eigenvalue weighted by atomic mass is 9.98. The van der Waals surface area contributed by atoms with E-state index in [2.05, 4.69) is 93.7 Å². The van der Waals surface area contributed by atoms with Crippen LogP contribution < -0.4 is 0 Å². The van der Waals surface area contributed by atoms with Gasteiger partial charge >= 0.3 is 23.9 Å². The van der Waals surface area contributed by atoms with Gasteiger partial charge in [-0.15, -0.1) is 0 Å². The zero-order chi connectivity index (χ0) is 51.8. The van der Waals surface area contributed by atoms with Crippen LogP contribution in [0.25, 0.3) is 0 Å². The molecule has 0 amide bonds. The SMILES string of the molecule is CC/C=C\C/C=C\C/C=C\CCCCCC(=O)OC(COC(=O)CCCCCCC/C=C\CCCCCCCC)COC1OC(C(=O)O)C(O)C(O)C1OC(=O)CCCCCCC/C=C\C/C=C\CCC. The lowest BCUT2D eigenvalue weighted by Crippen LogP contribution is -2.61. The summed E-state index contributed by atoms with van der Waals surface area (Å²) in [5, 5.41) is 31.4. The molecule has 1 fully saturated rings. The van der Waals surface area contributed by atoms with E-state index in [1.54, 1.807) is 0 Å². The van der Waals surface area contributed by atoms with E-state index in [0.717, 1.165) is 128 Å². The van der Waals surface area contributed by atoms with Gasteiger partial charge in [-0.1, -0.05) is 177 Å². The van der Waals surface area contributed by atoms with Crippen LogP contribution in [-0.4, -0.2) is 89.2 Å². The monoisotopic (exact) mass is 999 g/mol. The maximum atomic E-state index is 13.1. The summed E-state index contributed by atoms with van der Waals surface area (Å²) in [7, 11) is 0. The molecule has 0 saturated carbocycles. The van der Waals surface area contributed by atoms with E-state index in [4.69, 9.17) is 23.7 Å². The molecule has 71 heavy (non-hydrogen) atoms. The van der Waals surface area contributed by atoms with Crippen LogP contribution >= 0.6 is 0 Å². The summed E-state index contributed by atoms with van der Waals surface area (Å²) < 4.78 is 28.3. The molecule has 6 atom stereocenters. The lowest BCUT2D eigenvalue weighted by Gasteiger charge is -2.40. The largest absolute Gasteiger partial charge is 0.479 e. The molecule has 1 aliphatic rings. The highest BCUT2D eigenvalue weighted by Crippen LogP contribution is 2.26. The van der Waals surface area contributed by atoms with Crippen molar-refractivity contribution in [2.75, 3.05) is 13.2 Å². The molecule has 12 heteroatoms. The quantitative estimate of drug-likeness (QED) is 0.0228. The molecule has 1 saturated heterocycles. The topological polar surface area (TPSA) is 175 Å². The van der Waals surface area contributed by atoms with E-state index < -0.39 is 67.3 Å². The maximum absolute atomic E-state index is 13.1. The fraction of sp³-hybridized carbons (Fsp3) is 0.729. The number of hydrogen-bond acceptors (Lipinski definition) is 11. The third-order valence-corrected chi connectivity index (χ3v) is 12.2. The third kappa shape index (κ3) is 37.6. The molecule has 0 aromatic heterocycles. The fourth-order valence-electron chi connectivity index (χ4n) is 7.94. The molecule has 0 aromatic carbocycles. The normalized spacial score (nSPS) is 19.0. The molecular formula is C59H98O12. The van der Waals surface area contributed by atoms with Crippen LogP contribution in [0.2, 0.25) is 0 Å². The average molecular weight is 999 g/mol. The number of ether oxygens (including phenoxy) is 5. The molecule has 3 N–H and O–H groups in total. The second-order valence-electron chi connectivity index (χ2n) is 18.8. The van der Waals surface area contributed by atoms with E-state index in [1.807, 2.05) is 0 Å². The van der Waals surface area contributed by atoms with Gasteiger partial charge in [0.2, 0.25) is 0 Å². The van der Waals surface area contributed by atoms with Gasteiger partial charge in [0.05, 0.1) is 6.61 Å². The van der Waals surface area contributed by atoms with Gasteiger partial charge in [0.1, 0.15) is 18.8 Å². The average Bonchev–Trinajstić information content (AvgIpc) is 3.35. The minimum absolute atomic E-state index is 0.0378. The molecule has 0 aliphatic carbocycles. The van der Waals surface area contributed by atoms with Crippen molar-refractivity contribution in [3.63, 3.8) is 0 Å². The van der Waals surface area contributed by atoms with Crippen molar-refractivity contribution in [2.24, 2.45) is 0 Å². The lowest BCUT2D eigenvalue weighted by molar-refractivity contribution is -0.301. The Kier molecular flexibility index (Phi) is 43.3. The number of aliphatic hydroxyl groups is 2. The highest BCUT2D eigenvalue weighted by molar-refractivity contribution is 5.74. The van der Waals surface area contributed by atoms with Crippen molar-refractivity contribution < 1.29 is 58.2 Å². The zero-order valence-corrected chi connectivity index (χ0v) is 44.4. The first-order valence-corrected chi connectivity index (χ1v) is 27.9. The molecule has 6 unspecified atom stereocenters. The molecule has 12 nitrogen and oxygen atoms in total. The summed E-state index contributed by atoms with van der Waals surface area (Å²) >= 11 is 0. The van der Waals surface area contributed by atoms with Gasteiger partial charge in [-0.3, -0.25) is 14.4 Å². The van der Waals surface area contributed by atoms with Gasteiger partial charge in [-0.25, -0.2) is 4.79 Å². The smallest absolute Gasteiger partial charge is 0.335 e. The van der Waals surface area contributed by atoms with Crippen molar-refractivity contribution in [2.45, 2.75) is 263 Å². The zero-order valence-electron chi connectivity index (χ0n) is 44.4. The molecule has 0 spiro atoms. The number of esters is 3. The van der Waals surface area contributed by atoms with E-state index >= 15 is 0 Å². The van der Waals surface area contributed by atoms with Crippen LogP contribution in [0.3, 0.4) is 0 Å². The number of carbonyl (C=O) groups excluding carboxylic acids is 3. The van der Waals surface area contributed by atoms with Gasteiger partial charge in [0.25, 0.3) is 0 Å². The second kappa shape index (κ2) is 47.2. The minimum Gasteiger partial charge on any atom is -0.479 e. The number of carbonyl (C=O) groups is 4. The Morgan fingerprint density at radius 1 is 0.479 bits per heavy atom. The van der Waals surface area contributed by atoms with Crippen LogP contribution in [-0.2, 0) is 42.9 Å². The van der Waals surface area contributed by atoms with Crippen molar-refractivity contribution >= 4 is 23.9 Å². The first-order valence-electron chi connectivity index (χ1n) is 27.9. The number of unbranched alkanes of at least 4 members (excludes halogenated alkanes) is 20. The van der Waals surface area contributed by atoms with Crippen molar-refractivity contribution in [3.8, 4) is 0 Å². The van der Waals surface area contributed by atoms with Gasteiger partial charge < -0.3 is 39.0 Å². The summed E-state index contributed by atoms with van der Waals surface area (Å²) in [6, 6.07) is 0. The number of hydrogen-bond donors (Lipinski definition) is 3. The molecule has 0 radical (unpaired) electrons.